The molecule has 1 aromatic heterocycles. The van der Waals surface area contributed by atoms with Crippen LogP contribution in [0.25, 0.3) is 0 Å². The third-order valence-corrected chi connectivity index (χ3v) is 3.60. The highest BCUT2D eigenvalue weighted by Crippen LogP contribution is 2.13. The zero-order chi connectivity index (χ0) is 17.5. The van der Waals surface area contributed by atoms with Crippen molar-refractivity contribution in [2.45, 2.75) is 13.1 Å². The number of nitrogens with zero attached hydrogens (tertiary/aromatic N) is 5. The first-order valence-corrected chi connectivity index (χ1v) is 7.90. The van der Waals surface area contributed by atoms with Crippen molar-refractivity contribution in [1.82, 2.24) is 19.9 Å². The normalized spacial score (nSPS) is 10.4. The molecule has 0 spiro atoms. The van der Waals surface area contributed by atoms with Gasteiger partial charge in [0.2, 0.25) is 5.95 Å². The van der Waals surface area contributed by atoms with Crippen molar-refractivity contribution in [1.29, 1.82) is 5.26 Å². The minimum atomic E-state index is 0.489. The van der Waals surface area contributed by atoms with Gasteiger partial charge in [-0.1, -0.05) is 30.3 Å². The van der Waals surface area contributed by atoms with Crippen LogP contribution in [0.2, 0.25) is 0 Å². The Morgan fingerprint density at radius 3 is 2.48 bits per heavy atom. The molecule has 124 valence electrons. The van der Waals surface area contributed by atoms with Crippen molar-refractivity contribution < 1.29 is 0 Å². The van der Waals surface area contributed by atoms with Crippen molar-refractivity contribution in [2.24, 2.45) is 0 Å². The maximum atomic E-state index is 8.84. The van der Waals surface area contributed by atoms with Crippen LogP contribution >= 0.6 is 0 Å². The molecule has 2 aromatic carbocycles. The van der Waals surface area contributed by atoms with Gasteiger partial charge in [0.25, 0.3) is 0 Å². The molecule has 6 nitrogen and oxygen atoms in total. The molecule has 6 heteroatoms. The van der Waals surface area contributed by atoms with Crippen LogP contribution < -0.4 is 5.32 Å². The summed E-state index contributed by atoms with van der Waals surface area (Å²) in [5, 5.41) is 12.0. The standard InChI is InChI=1S/C19H18N6/c1-25(12-16-5-3-2-4-6-16)13-18-21-14-22-19(24-18)23-17-9-7-15(11-20)8-10-17/h2-10,14H,12-13H2,1H3,(H,21,22,23,24). The molecule has 25 heavy (non-hydrogen) atoms. The first kappa shape index (κ1) is 16.6. The van der Waals surface area contributed by atoms with Crippen molar-refractivity contribution in [3.05, 3.63) is 77.9 Å². The van der Waals surface area contributed by atoms with Crippen molar-refractivity contribution in [2.75, 3.05) is 12.4 Å². The van der Waals surface area contributed by atoms with Crippen LogP contribution in [-0.4, -0.2) is 26.9 Å². The quantitative estimate of drug-likeness (QED) is 0.748. The van der Waals surface area contributed by atoms with Gasteiger partial charge in [0.1, 0.15) is 12.2 Å². The maximum Gasteiger partial charge on any atom is 0.230 e. The van der Waals surface area contributed by atoms with Crippen LogP contribution in [0, 0.1) is 11.3 Å². The summed E-state index contributed by atoms with van der Waals surface area (Å²) >= 11 is 0. The maximum absolute atomic E-state index is 8.84. The van der Waals surface area contributed by atoms with E-state index in [9.17, 15) is 0 Å². The van der Waals surface area contributed by atoms with Gasteiger partial charge in [0.05, 0.1) is 18.2 Å². The number of hydrogen-bond donors (Lipinski definition) is 1. The summed E-state index contributed by atoms with van der Waals surface area (Å²) in [5.41, 5.74) is 2.69. The average Bonchev–Trinajstić information content (AvgIpc) is 2.63. The van der Waals surface area contributed by atoms with Crippen molar-refractivity contribution >= 4 is 11.6 Å². The lowest BCUT2D eigenvalue weighted by atomic mass is 10.2. The molecule has 0 aliphatic carbocycles. The van der Waals surface area contributed by atoms with E-state index in [1.165, 1.54) is 11.9 Å². The Hall–Kier alpha value is -3.30. The van der Waals surface area contributed by atoms with Crippen molar-refractivity contribution in [3.8, 4) is 6.07 Å². The molecule has 0 aliphatic rings. The van der Waals surface area contributed by atoms with Crippen LogP contribution in [0.1, 0.15) is 17.0 Å². The molecular formula is C19H18N6. The third-order valence-electron chi connectivity index (χ3n) is 3.60. The summed E-state index contributed by atoms with van der Waals surface area (Å²) < 4.78 is 0. The molecule has 0 bridgehead atoms. The topological polar surface area (TPSA) is 77.7 Å². The van der Waals surface area contributed by atoms with Gasteiger partial charge in [-0.3, -0.25) is 4.90 Å². The lowest BCUT2D eigenvalue weighted by Crippen LogP contribution is -2.19. The van der Waals surface area contributed by atoms with E-state index < -0.39 is 0 Å². The van der Waals surface area contributed by atoms with Gasteiger partial charge in [0.15, 0.2) is 0 Å². The van der Waals surface area contributed by atoms with Gasteiger partial charge in [0, 0.05) is 12.2 Å². The molecule has 3 aromatic rings. The molecule has 0 atom stereocenters. The molecule has 3 rings (SSSR count). The number of hydrogen-bond acceptors (Lipinski definition) is 6. The van der Waals surface area contributed by atoms with Crippen LogP contribution in [0.5, 0.6) is 0 Å². The van der Waals surface area contributed by atoms with Gasteiger partial charge >= 0.3 is 0 Å². The number of anilines is 2. The van der Waals surface area contributed by atoms with E-state index in [2.05, 4.69) is 43.4 Å². The van der Waals surface area contributed by atoms with Gasteiger partial charge in [-0.05, 0) is 36.9 Å². The molecule has 1 N–H and O–H groups in total. The minimum absolute atomic E-state index is 0.489. The van der Waals surface area contributed by atoms with Crippen LogP contribution in [0.4, 0.5) is 11.6 Å². The summed E-state index contributed by atoms with van der Waals surface area (Å²) in [6.45, 7) is 1.45. The number of rotatable bonds is 6. The SMILES string of the molecule is CN(Cc1ccccc1)Cc1ncnc(Nc2ccc(C#N)cc2)n1. The molecule has 0 amide bonds. The first-order chi connectivity index (χ1) is 12.2. The molecule has 0 saturated carbocycles. The molecule has 0 radical (unpaired) electrons. The van der Waals surface area contributed by atoms with Gasteiger partial charge in [-0.2, -0.15) is 10.2 Å². The zero-order valence-electron chi connectivity index (χ0n) is 13.9. The Balaban J connectivity index is 1.63. The highest BCUT2D eigenvalue weighted by Gasteiger charge is 2.06. The summed E-state index contributed by atoms with van der Waals surface area (Å²) in [4.78, 5) is 15.0. The Morgan fingerprint density at radius 2 is 1.76 bits per heavy atom. The molecule has 0 unspecified atom stereocenters. The monoisotopic (exact) mass is 330 g/mol. The molecule has 0 saturated heterocycles. The van der Waals surface area contributed by atoms with Crippen LogP contribution in [0.15, 0.2) is 60.9 Å². The minimum Gasteiger partial charge on any atom is -0.324 e. The number of benzene rings is 2. The summed E-state index contributed by atoms with van der Waals surface area (Å²) in [6, 6.07) is 19.5. The van der Waals surface area contributed by atoms with E-state index >= 15 is 0 Å². The van der Waals surface area contributed by atoms with E-state index in [1.807, 2.05) is 37.4 Å². The molecule has 1 heterocycles. The second kappa shape index (κ2) is 7.99. The number of nitrogens with one attached hydrogen (secondary N) is 1. The largest absolute Gasteiger partial charge is 0.324 e. The van der Waals surface area contributed by atoms with Crippen LogP contribution in [0.3, 0.4) is 0 Å². The summed E-state index contributed by atoms with van der Waals surface area (Å²) in [7, 11) is 2.03. The highest BCUT2D eigenvalue weighted by atomic mass is 15.2. The van der Waals surface area contributed by atoms with Crippen LogP contribution in [-0.2, 0) is 13.1 Å². The summed E-state index contributed by atoms with van der Waals surface area (Å²) in [5.74, 6) is 1.19. The Labute approximate surface area is 146 Å². The zero-order valence-corrected chi connectivity index (χ0v) is 13.9. The second-order valence-corrected chi connectivity index (χ2v) is 5.70. The van der Waals surface area contributed by atoms with E-state index in [0.29, 0.717) is 23.9 Å². The van der Waals surface area contributed by atoms with E-state index in [-0.39, 0.29) is 0 Å². The fraction of sp³-hybridized carbons (Fsp3) is 0.158. The number of nitriles is 1. The van der Waals surface area contributed by atoms with Gasteiger partial charge in [-0.15, -0.1) is 0 Å². The smallest absolute Gasteiger partial charge is 0.230 e. The lowest BCUT2D eigenvalue weighted by molar-refractivity contribution is 0.310. The predicted octanol–water partition coefficient (Wildman–Crippen LogP) is 3.12. The first-order valence-electron chi connectivity index (χ1n) is 7.90. The van der Waals surface area contributed by atoms with Crippen molar-refractivity contribution in [3.63, 3.8) is 0 Å². The molecular weight excluding hydrogens is 312 g/mol. The second-order valence-electron chi connectivity index (χ2n) is 5.70. The predicted molar refractivity (Wildman–Crippen MR) is 95.9 cm³/mol. The Kier molecular flexibility index (Phi) is 5.29. The number of aromatic nitrogens is 3. The van der Waals surface area contributed by atoms with E-state index in [0.717, 1.165) is 12.2 Å². The fourth-order valence-electron chi connectivity index (χ4n) is 2.42. The van der Waals surface area contributed by atoms with Gasteiger partial charge in [-0.25, -0.2) is 9.97 Å². The Morgan fingerprint density at radius 1 is 1.00 bits per heavy atom. The summed E-state index contributed by atoms with van der Waals surface area (Å²) in [6.07, 6.45) is 1.50. The average molecular weight is 330 g/mol. The third kappa shape index (κ3) is 4.83. The molecule has 0 fully saturated rings. The van der Waals surface area contributed by atoms with E-state index in [1.54, 1.807) is 12.1 Å². The molecule has 0 aliphatic heterocycles. The van der Waals surface area contributed by atoms with Gasteiger partial charge < -0.3 is 5.32 Å². The lowest BCUT2D eigenvalue weighted by Gasteiger charge is -2.15. The fourth-order valence-corrected chi connectivity index (χ4v) is 2.42. The van der Waals surface area contributed by atoms with E-state index in [4.69, 9.17) is 5.26 Å². The highest BCUT2D eigenvalue weighted by molar-refractivity contribution is 5.54. The Bertz CT molecular complexity index is 855.